The van der Waals surface area contributed by atoms with Gasteiger partial charge < -0.3 is 13.9 Å². The third-order valence-corrected chi connectivity index (χ3v) is 2.29. The van der Waals surface area contributed by atoms with Crippen molar-refractivity contribution in [2.45, 2.75) is 0 Å². The Morgan fingerprint density at radius 3 is 2.74 bits per heavy atom. The summed E-state index contributed by atoms with van der Waals surface area (Å²) in [7, 11) is 1.38. The van der Waals surface area contributed by atoms with Crippen molar-refractivity contribution in [3.8, 4) is 11.5 Å². The van der Waals surface area contributed by atoms with Gasteiger partial charge in [0.15, 0.2) is 0 Å². The van der Waals surface area contributed by atoms with Crippen LogP contribution in [0.1, 0.15) is 10.6 Å². The summed E-state index contributed by atoms with van der Waals surface area (Å²) in [6.45, 7) is 0. The molecule has 0 bridgehead atoms. The first-order valence-electron chi connectivity index (χ1n) is 5.20. The van der Waals surface area contributed by atoms with Crippen LogP contribution >= 0.6 is 0 Å². The highest BCUT2D eigenvalue weighted by Crippen LogP contribution is 2.31. The van der Waals surface area contributed by atoms with Crippen molar-refractivity contribution >= 4 is 11.7 Å². The number of carbonyl (C=O) groups excluding carboxylic acids is 1. The molecular formula is C12H9NO6. The molecule has 7 nitrogen and oxygen atoms in total. The monoisotopic (exact) mass is 263 g/mol. The summed E-state index contributed by atoms with van der Waals surface area (Å²) in [6.07, 6.45) is 1.30. The standard InChI is InChI=1S/C12H9NO6/c1-17-8-4-5-10(9(7-8)13(15)16)19-12(14)11-3-2-6-18-11/h2-7H,1H3. The minimum atomic E-state index is -0.807. The van der Waals surface area contributed by atoms with Crippen molar-refractivity contribution in [2.75, 3.05) is 7.11 Å². The van der Waals surface area contributed by atoms with Gasteiger partial charge in [0.1, 0.15) is 5.75 Å². The second-order valence-electron chi connectivity index (χ2n) is 3.46. The Hall–Kier alpha value is -2.83. The number of carbonyl (C=O) groups is 1. The molecular weight excluding hydrogens is 254 g/mol. The van der Waals surface area contributed by atoms with Gasteiger partial charge in [0, 0.05) is 0 Å². The van der Waals surface area contributed by atoms with E-state index in [0.717, 1.165) is 0 Å². The van der Waals surface area contributed by atoms with E-state index in [1.54, 1.807) is 0 Å². The molecule has 0 fully saturated rings. The topological polar surface area (TPSA) is 91.8 Å². The highest BCUT2D eigenvalue weighted by molar-refractivity contribution is 5.88. The van der Waals surface area contributed by atoms with E-state index in [1.807, 2.05) is 0 Å². The molecule has 0 saturated heterocycles. The van der Waals surface area contributed by atoms with Crippen molar-refractivity contribution < 1.29 is 23.6 Å². The van der Waals surface area contributed by atoms with Crippen LogP contribution in [0.2, 0.25) is 0 Å². The van der Waals surface area contributed by atoms with Crippen molar-refractivity contribution in [1.29, 1.82) is 0 Å². The Morgan fingerprint density at radius 2 is 2.16 bits per heavy atom. The van der Waals surface area contributed by atoms with Crippen LogP contribution in [0, 0.1) is 10.1 Å². The van der Waals surface area contributed by atoms with Crippen LogP contribution in [-0.4, -0.2) is 18.0 Å². The SMILES string of the molecule is COc1ccc(OC(=O)c2ccco2)c([N+](=O)[O-])c1. The molecule has 1 heterocycles. The van der Waals surface area contributed by atoms with Crippen molar-refractivity contribution in [3.05, 3.63) is 52.5 Å². The molecule has 0 aliphatic heterocycles. The van der Waals surface area contributed by atoms with Crippen LogP contribution in [0.5, 0.6) is 11.5 Å². The second kappa shape index (κ2) is 5.21. The molecule has 0 spiro atoms. The van der Waals surface area contributed by atoms with E-state index in [-0.39, 0.29) is 17.2 Å². The Morgan fingerprint density at radius 1 is 1.37 bits per heavy atom. The molecule has 0 aliphatic rings. The van der Waals surface area contributed by atoms with Crippen LogP contribution < -0.4 is 9.47 Å². The number of methoxy groups -OCH3 is 1. The molecule has 7 heteroatoms. The number of esters is 1. The predicted molar refractivity (Wildman–Crippen MR) is 63.3 cm³/mol. The summed E-state index contributed by atoms with van der Waals surface area (Å²) in [5.74, 6) is -0.722. The highest BCUT2D eigenvalue weighted by atomic mass is 16.6. The molecule has 0 saturated carbocycles. The van der Waals surface area contributed by atoms with Crippen LogP contribution in [0.25, 0.3) is 0 Å². The van der Waals surface area contributed by atoms with Gasteiger partial charge in [0.05, 0.1) is 24.4 Å². The van der Waals surface area contributed by atoms with Crippen molar-refractivity contribution in [3.63, 3.8) is 0 Å². The summed E-state index contributed by atoms with van der Waals surface area (Å²) < 4.78 is 14.6. The van der Waals surface area contributed by atoms with Gasteiger partial charge in [-0.1, -0.05) is 0 Å². The molecule has 2 rings (SSSR count). The van der Waals surface area contributed by atoms with Gasteiger partial charge in [-0.05, 0) is 24.3 Å². The normalized spacial score (nSPS) is 9.95. The van der Waals surface area contributed by atoms with Crippen LogP contribution in [0.3, 0.4) is 0 Å². The minimum Gasteiger partial charge on any atom is -0.496 e. The lowest BCUT2D eigenvalue weighted by molar-refractivity contribution is -0.385. The fourth-order valence-corrected chi connectivity index (χ4v) is 1.40. The quantitative estimate of drug-likeness (QED) is 0.364. The molecule has 19 heavy (non-hydrogen) atoms. The Balaban J connectivity index is 2.29. The lowest BCUT2D eigenvalue weighted by Gasteiger charge is -2.05. The number of nitro groups is 1. The molecule has 0 aliphatic carbocycles. The van der Waals surface area contributed by atoms with E-state index in [9.17, 15) is 14.9 Å². The first kappa shape index (κ1) is 12.6. The average molecular weight is 263 g/mol. The van der Waals surface area contributed by atoms with Gasteiger partial charge in [0.25, 0.3) is 0 Å². The molecule has 0 radical (unpaired) electrons. The third kappa shape index (κ3) is 2.71. The summed E-state index contributed by atoms with van der Waals surface area (Å²) in [6, 6.07) is 6.83. The van der Waals surface area contributed by atoms with Crippen molar-refractivity contribution in [2.24, 2.45) is 0 Å². The minimum absolute atomic E-state index is 0.0369. The van der Waals surface area contributed by atoms with Gasteiger partial charge in [-0.3, -0.25) is 10.1 Å². The number of nitrogens with zero attached hydrogens (tertiary/aromatic N) is 1. The van der Waals surface area contributed by atoms with Crippen molar-refractivity contribution in [1.82, 2.24) is 0 Å². The number of hydrogen-bond donors (Lipinski definition) is 0. The Labute approximate surface area is 107 Å². The maximum absolute atomic E-state index is 11.6. The number of hydrogen-bond acceptors (Lipinski definition) is 6. The Bertz CT molecular complexity index is 605. The fraction of sp³-hybridized carbons (Fsp3) is 0.0833. The zero-order chi connectivity index (χ0) is 13.8. The molecule has 0 unspecified atom stereocenters. The lowest BCUT2D eigenvalue weighted by Crippen LogP contribution is -2.08. The number of furan rings is 1. The molecule has 98 valence electrons. The largest absolute Gasteiger partial charge is 0.496 e. The van der Waals surface area contributed by atoms with E-state index in [2.05, 4.69) is 0 Å². The maximum atomic E-state index is 11.6. The Kier molecular flexibility index (Phi) is 3.46. The number of benzene rings is 1. The van der Waals surface area contributed by atoms with Gasteiger partial charge in [-0.2, -0.15) is 0 Å². The van der Waals surface area contributed by atoms with E-state index < -0.39 is 10.9 Å². The van der Waals surface area contributed by atoms with Crippen LogP contribution in [-0.2, 0) is 0 Å². The van der Waals surface area contributed by atoms with Crippen LogP contribution in [0.15, 0.2) is 41.0 Å². The fourth-order valence-electron chi connectivity index (χ4n) is 1.40. The van der Waals surface area contributed by atoms with E-state index in [0.29, 0.717) is 5.75 Å². The maximum Gasteiger partial charge on any atom is 0.379 e. The van der Waals surface area contributed by atoms with E-state index >= 15 is 0 Å². The predicted octanol–water partition coefficient (Wildman–Crippen LogP) is 2.42. The zero-order valence-electron chi connectivity index (χ0n) is 9.86. The average Bonchev–Trinajstić information content (AvgIpc) is 2.92. The summed E-state index contributed by atoms with van der Waals surface area (Å²) in [5, 5.41) is 10.9. The number of nitro benzene ring substituents is 1. The summed E-state index contributed by atoms with van der Waals surface area (Å²) >= 11 is 0. The molecule has 0 N–H and O–H groups in total. The van der Waals surface area contributed by atoms with Gasteiger partial charge in [0.2, 0.25) is 11.5 Å². The molecule has 1 aromatic heterocycles. The molecule has 0 atom stereocenters. The molecule has 1 aromatic carbocycles. The third-order valence-electron chi connectivity index (χ3n) is 2.29. The number of ether oxygens (including phenoxy) is 2. The zero-order valence-corrected chi connectivity index (χ0v) is 9.86. The smallest absolute Gasteiger partial charge is 0.379 e. The van der Waals surface area contributed by atoms with Gasteiger partial charge in [-0.25, -0.2) is 4.79 Å². The van der Waals surface area contributed by atoms with E-state index in [4.69, 9.17) is 13.9 Å². The summed E-state index contributed by atoms with van der Waals surface area (Å²) in [5.41, 5.74) is -0.362. The van der Waals surface area contributed by atoms with E-state index in [1.165, 1.54) is 43.7 Å². The first-order valence-corrected chi connectivity index (χ1v) is 5.20. The summed E-state index contributed by atoms with van der Waals surface area (Å²) in [4.78, 5) is 21.9. The van der Waals surface area contributed by atoms with Gasteiger partial charge in [-0.15, -0.1) is 0 Å². The number of rotatable bonds is 4. The van der Waals surface area contributed by atoms with Gasteiger partial charge >= 0.3 is 11.7 Å². The van der Waals surface area contributed by atoms with Crippen LogP contribution in [0.4, 0.5) is 5.69 Å². The molecule has 0 amide bonds. The second-order valence-corrected chi connectivity index (χ2v) is 3.46. The molecule has 2 aromatic rings. The lowest BCUT2D eigenvalue weighted by atomic mass is 10.3. The highest BCUT2D eigenvalue weighted by Gasteiger charge is 2.21. The first-order chi connectivity index (χ1) is 9.11.